The van der Waals surface area contributed by atoms with Gasteiger partial charge in [0, 0.05) is 28.5 Å². The van der Waals surface area contributed by atoms with Gasteiger partial charge in [-0.3, -0.25) is 4.79 Å². The quantitative estimate of drug-likeness (QED) is 0.723. The van der Waals surface area contributed by atoms with Crippen molar-refractivity contribution >= 4 is 28.2 Å². The summed E-state index contributed by atoms with van der Waals surface area (Å²) in [5.41, 5.74) is 9.47. The van der Waals surface area contributed by atoms with Crippen LogP contribution in [0.25, 0.3) is 10.9 Å². The lowest BCUT2D eigenvalue weighted by Crippen LogP contribution is -2.18. The normalized spacial score (nSPS) is 10.7. The van der Waals surface area contributed by atoms with Crippen LogP contribution in [0.15, 0.2) is 54.7 Å². The van der Waals surface area contributed by atoms with E-state index in [9.17, 15) is 4.79 Å². The van der Waals surface area contributed by atoms with Crippen molar-refractivity contribution in [1.82, 2.24) is 4.57 Å². The van der Waals surface area contributed by atoms with Crippen LogP contribution in [-0.2, 0) is 11.3 Å². The molecule has 1 amide bonds. The van der Waals surface area contributed by atoms with E-state index in [-0.39, 0.29) is 12.5 Å². The van der Waals surface area contributed by atoms with Gasteiger partial charge in [0.2, 0.25) is 5.91 Å². The number of amides is 1. The number of anilines is 2. The number of carbonyl (C=O) groups excluding carboxylic acids is 1. The van der Waals surface area contributed by atoms with E-state index in [1.54, 1.807) is 0 Å². The van der Waals surface area contributed by atoms with Crippen molar-refractivity contribution in [2.45, 2.75) is 13.5 Å². The molecule has 1 heterocycles. The molecule has 0 saturated carbocycles. The van der Waals surface area contributed by atoms with Crippen molar-refractivity contribution in [3.63, 3.8) is 0 Å². The van der Waals surface area contributed by atoms with Crippen molar-refractivity contribution in [3.05, 3.63) is 60.3 Å². The number of nitrogens with two attached hydrogens (primary N) is 1. The molecule has 3 aromatic rings. The number of rotatable bonds is 3. The Labute approximate surface area is 123 Å². The van der Waals surface area contributed by atoms with Crippen molar-refractivity contribution in [2.75, 3.05) is 11.1 Å². The highest BCUT2D eigenvalue weighted by molar-refractivity contribution is 5.92. The fourth-order valence-electron chi connectivity index (χ4n) is 2.35. The van der Waals surface area contributed by atoms with Gasteiger partial charge in [0.15, 0.2) is 0 Å². The second-order valence-corrected chi connectivity index (χ2v) is 5.18. The predicted octanol–water partition coefficient (Wildman–Crippen LogP) is 3.17. The summed E-state index contributed by atoms with van der Waals surface area (Å²) < 4.78 is 1.91. The Morgan fingerprint density at radius 3 is 2.67 bits per heavy atom. The van der Waals surface area contributed by atoms with Crippen molar-refractivity contribution in [2.24, 2.45) is 0 Å². The molecule has 0 aliphatic rings. The molecule has 4 heteroatoms. The fraction of sp³-hybridized carbons (Fsp3) is 0.118. The van der Waals surface area contributed by atoms with Gasteiger partial charge in [0.1, 0.15) is 6.54 Å². The maximum atomic E-state index is 12.1. The van der Waals surface area contributed by atoms with Crippen LogP contribution in [0, 0.1) is 6.92 Å². The average molecular weight is 279 g/mol. The fourth-order valence-corrected chi connectivity index (χ4v) is 2.35. The van der Waals surface area contributed by atoms with E-state index in [0.717, 1.165) is 22.3 Å². The first-order chi connectivity index (χ1) is 10.1. The highest BCUT2D eigenvalue weighted by Gasteiger charge is 2.07. The molecule has 106 valence electrons. The lowest BCUT2D eigenvalue weighted by Gasteiger charge is -2.08. The van der Waals surface area contributed by atoms with Gasteiger partial charge in [-0.2, -0.15) is 0 Å². The minimum absolute atomic E-state index is 0.0480. The summed E-state index contributed by atoms with van der Waals surface area (Å²) in [6, 6.07) is 15.4. The second kappa shape index (κ2) is 5.32. The molecule has 0 aliphatic carbocycles. The summed E-state index contributed by atoms with van der Waals surface area (Å²) in [6.07, 6.45) is 1.90. The third kappa shape index (κ3) is 2.89. The number of benzene rings is 2. The maximum absolute atomic E-state index is 12.1. The maximum Gasteiger partial charge on any atom is 0.244 e. The lowest BCUT2D eigenvalue weighted by atomic mass is 10.2. The topological polar surface area (TPSA) is 60.0 Å². The molecular formula is C17H17N3O. The lowest BCUT2D eigenvalue weighted by molar-refractivity contribution is -0.116. The largest absolute Gasteiger partial charge is 0.399 e. The highest BCUT2D eigenvalue weighted by atomic mass is 16.1. The van der Waals surface area contributed by atoms with Gasteiger partial charge in [-0.25, -0.2) is 0 Å². The highest BCUT2D eigenvalue weighted by Crippen LogP contribution is 2.19. The standard InChI is InChI=1S/C17H17N3O/c1-12-2-5-15(6-3-12)19-17(21)11-20-9-8-13-10-14(18)4-7-16(13)20/h2-10H,11,18H2,1H3,(H,19,21). The number of carbonyl (C=O) groups is 1. The molecule has 2 aromatic carbocycles. The van der Waals surface area contributed by atoms with E-state index in [0.29, 0.717) is 0 Å². The summed E-state index contributed by atoms with van der Waals surface area (Å²) in [5, 5.41) is 3.94. The predicted molar refractivity (Wildman–Crippen MR) is 86.2 cm³/mol. The average Bonchev–Trinajstić information content (AvgIpc) is 2.83. The summed E-state index contributed by atoms with van der Waals surface area (Å²) >= 11 is 0. The van der Waals surface area contributed by atoms with Gasteiger partial charge in [-0.1, -0.05) is 17.7 Å². The molecule has 0 saturated heterocycles. The van der Waals surface area contributed by atoms with Crippen LogP contribution in [0.1, 0.15) is 5.56 Å². The van der Waals surface area contributed by atoms with Crippen molar-refractivity contribution < 1.29 is 4.79 Å². The summed E-state index contributed by atoms with van der Waals surface area (Å²) in [7, 11) is 0. The zero-order valence-corrected chi connectivity index (χ0v) is 11.8. The van der Waals surface area contributed by atoms with Crippen molar-refractivity contribution in [1.29, 1.82) is 0 Å². The number of nitrogen functional groups attached to an aromatic ring is 1. The Balaban J connectivity index is 1.75. The van der Waals surface area contributed by atoms with Crippen molar-refractivity contribution in [3.8, 4) is 0 Å². The number of nitrogens with zero attached hydrogens (tertiary/aromatic N) is 1. The molecule has 0 fully saturated rings. The van der Waals surface area contributed by atoms with Gasteiger partial charge in [0.05, 0.1) is 0 Å². The molecule has 3 N–H and O–H groups in total. The van der Waals surface area contributed by atoms with Gasteiger partial charge < -0.3 is 15.6 Å². The van der Waals surface area contributed by atoms with Crippen LogP contribution in [0.5, 0.6) is 0 Å². The monoisotopic (exact) mass is 279 g/mol. The molecule has 0 spiro atoms. The molecule has 0 unspecified atom stereocenters. The van der Waals surface area contributed by atoms with Gasteiger partial charge in [-0.05, 0) is 43.3 Å². The van der Waals surface area contributed by atoms with Crippen LogP contribution >= 0.6 is 0 Å². The summed E-state index contributed by atoms with van der Waals surface area (Å²) in [4.78, 5) is 12.1. The molecule has 0 atom stereocenters. The number of fused-ring (bicyclic) bond motifs is 1. The van der Waals surface area contributed by atoms with Crippen LogP contribution in [0.3, 0.4) is 0 Å². The Hall–Kier alpha value is -2.75. The Kier molecular flexibility index (Phi) is 3.36. The van der Waals surface area contributed by atoms with Crippen LogP contribution in [0.4, 0.5) is 11.4 Å². The molecular weight excluding hydrogens is 262 g/mol. The first-order valence-corrected chi connectivity index (χ1v) is 6.83. The molecule has 1 aromatic heterocycles. The minimum Gasteiger partial charge on any atom is -0.399 e. The number of hydrogen-bond donors (Lipinski definition) is 2. The van der Waals surface area contributed by atoms with E-state index >= 15 is 0 Å². The Bertz CT molecular complexity index is 787. The van der Waals surface area contributed by atoms with Gasteiger partial charge in [0.25, 0.3) is 0 Å². The van der Waals surface area contributed by atoms with E-state index in [4.69, 9.17) is 5.73 Å². The third-order valence-corrected chi connectivity index (χ3v) is 3.44. The van der Waals surface area contributed by atoms with Crippen LogP contribution in [-0.4, -0.2) is 10.5 Å². The van der Waals surface area contributed by atoms with E-state index in [1.807, 2.05) is 66.2 Å². The van der Waals surface area contributed by atoms with E-state index < -0.39 is 0 Å². The Morgan fingerprint density at radius 2 is 1.90 bits per heavy atom. The van der Waals surface area contributed by atoms with Crippen LogP contribution < -0.4 is 11.1 Å². The molecule has 0 radical (unpaired) electrons. The number of aryl methyl sites for hydroxylation is 1. The zero-order chi connectivity index (χ0) is 14.8. The van der Waals surface area contributed by atoms with Gasteiger partial charge in [-0.15, -0.1) is 0 Å². The van der Waals surface area contributed by atoms with E-state index in [1.165, 1.54) is 5.56 Å². The molecule has 4 nitrogen and oxygen atoms in total. The number of nitrogens with one attached hydrogen (secondary N) is 1. The molecule has 21 heavy (non-hydrogen) atoms. The molecule has 0 bridgehead atoms. The van der Waals surface area contributed by atoms with Gasteiger partial charge >= 0.3 is 0 Å². The summed E-state index contributed by atoms with van der Waals surface area (Å²) in [5.74, 6) is -0.0480. The Morgan fingerprint density at radius 1 is 1.14 bits per heavy atom. The third-order valence-electron chi connectivity index (χ3n) is 3.44. The zero-order valence-electron chi connectivity index (χ0n) is 11.8. The first-order valence-electron chi connectivity index (χ1n) is 6.83. The van der Waals surface area contributed by atoms with E-state index in [2.05, 4.69) is 5.32 Å². The first kappa shape index (κ1) is 13.2. The number of hydrogen-bond acceptors (Lipinski definition) is 2. The molecule has 3 rings (SSSR count). The van der Waals surface area contributed by atoms with Crippen LogP contribution in [0.2, 0.25) is 0 Å². The smallest absolute Gasteiger partial charge is 0.244 e. The summed E-state index contributed by atoms with van der Waals surface area (Å²) in [6.45, 7) is 2.30. The SMILES string of the molecule is Cc1ccc(NC(=O)Cn2ccc3cc(N)ccc32)cc1. The second-order valence-electron chi connectivity index (χ2n) is 5.18. The number of aromatic nitrogens is 1. The minimum atomic E-state index is -0.0480. The molecule has 0 aliphatic heterocycles.